The Balaban J connectivity index is 1.64. The van der Waals surface area contributed by atoms with Gasteiger partial charge in [-0.15, -0.1) is 0 Å². The number of hydrogen-bond acceptors (Lipinski definition) is 3. The number of nitrogens with one attached hydrogen (secondary N) is 2. The molecule has 0 radical (unpaired) electrons. The number of benzene rings is 3. The highest BCUT2D eigenvalue weighted by Gasteiger charge is 2.08. The van der Waals surface area contributed by atoms with Crippen molar-refractivity contribution in [1.29, 1.82) is 0 Å². The van der Waals surface area contributed by atoms with E-state index in [2.05, 4.69) is 15.8 Å². The standard InChI is InChI=1S/C21H17N3O2/c25-20(17-10-5-2-6-11-17)23-19-13-7-12-18(14-19)21(26)24-22-15-16-8-3-1-4-9-16/h1-15H,(H,23,25)(H,24,26). The highest BCUT2D eigenvalue weighted by molar-refractivity contribution is 6.05. The third-order valence-corrected chi connectivity index (χ3v) is 3.60. The molecular weight excluding hydrogens is 326 g/mol. The van der Waals surface area contributed by atoms with E-state index in [4.69, 9.17) is 0 Å². The molecule has 2 amide bonds. The number of rotatable bonds is 5. The quantitative estimate of drug-likeness (QED) is 0.548. The minimum atomic E-state index is -0.354. The van der Waals surface area contributed by atoms with Crippen molar-refractivity contribution in [1.82, 2.24) is 5.43 Å². The van der Waals surface area contributed by atoms with Crippen LogP contribution in [0, 0.1) is 0 Å². The fraction of sp³-hybridized carbons (Fsp3) is 0. The van der Waals surface area contributed by atoms with E-state index in [1.807, 2.05) is 36.4 Å². The third-order valence-electron chi connectivity index (χ3n) is 3.60. The first kappa shape index (κ1) is 17.1. The van der Waals surface area contributed by atoms with Gasteiger partial charge in [0.15, 0.2) is 0 Å². The van der Waals surface area contributed by atoms with Gasteiger partial charge >= 0.3 is 0 Å². The second-order valence-corrected chi connectivity index (χ2v) is 5.51. The van der Waals surface area contributed by atoms with E-state index in [1.165, 1.54) is 0 Å². The molecule has 0 spiro atoms. The molecule has 0 aromatic heterocycles. The summed E-state index contributed by atoms with van der Waals surface area (Å²) in [4.78, 5) is 24.4. The summed E-state index contributed by atoms with van der Waals surface area (Å²) in [5.74, 6) is -0.585. The Bertz CT molecular complexity index is 922. The molecular formula is C21H17N3O2. The van der Waals surface area contributed by atoms with Gasteiger partial charge in [0.1, 0.15) is 0 Å². The minimum absolute atomic E-state index is 0.231. The molecule has 0 saturated carbocycles. The molecule has 2 N–H and O–H groups in total. The largest absolute Gasteiger partial charge is 0.322 e. The molecule has 3 aromatic rings. The van der Waals surface area contributed by atoms with Gasteiger partial charge in [0, 0.05) is 16.8 Å². The highest BCUT2D eigenvalue weighted by Crippen LogP contribution is 2.12. The van der Waals surface area contributed by atoms with E-state index < -0.39 is 0 Å². The number of carbonyl (C=O) groups is 2. The summed E-state index contributed by atoms with van der Waals surface area (Å²) < 4.78 is 0. The van der Waals surface area contributed by atoms with Crippen molar-refractivity contribution >= 4 is 23.7 Å². The number of anilines is 1. The molecule has 0 heterocycles. The summed E-state index contributed by atoms with van der Waals surface area (Å²) >= 11 is 0. The minimum Gasteiger partial charge on any atom is -0.322 e. The second kappa shape index (κ2) is 8.39. The molecule has 3 rings (SSSR count). The molecule has 0 saturated heterocycles. The van der Waals surface area contributed by atoms with E-state index in [0.29, 0.717) is 16.8 Å². The van der Waals surface area contributed by atoms with Gasteiger partial charge in [-0.3, -0.25) is 9.59 Å². The summed E-state index contributed by atoms with van der Waals surface area (Å²) in [5, 5.41) is 6.72. The predicted octanol–water partition coefficient (Wildman–Crippen LogP) is 3.70. The molecule has 0 bridgehead atoms. The van der Waals surface area contributed by atoms with E-state index in [9.17, 15) is 9.59 Å². The van der Waals surface area contributed by atoms with Crippen LogP contribution in [0.5, 0.6) is 0 Å². The van der Waals surface area contributed by atoms with Crippen LogP contribution >= 0.6 is 0 Å². The second-order valence-electron chi connectivity index (χ2n) is 5.51. The van der Waals surface area contributed by atoms with Crippen molar-refractivity contribution in [3.63, 3.8) is 0 Å². The Kier molecular flexibility index (Phi) is 5.52. The lowest BCUT2D eigenvalue weighted by molar-refractivity contribution is 0.0953. The first-order valence-electron chi connectivity index (χ1n) is 8.07. The van der Waals surface area contributed by atoms with Gasteiger partial charge in [-0.1, -0.05) is 54.6 Å². The molecule has 26 heavy (non-hydrogen) atoms. The van der Waals surface area contributed by atoms with Gasteiger partial charge < -0.3 is 5.32 Å². The maximum absolute atomic E-state index is 12.2. The van der Waals surface area contributed by atoms with Gasteiger partial charge in [0.25, 0.3) is 11.8 Å². The van der Waals surface area contributed by atoms with Gasteiger partial charge in [-0.2, -0.15) is 5.10 Å². The fourth-order valence-corrected chi connectivity index (χ4v) is 2.30. The van der Waals surface area contributed by atoms with Crippen LogP contribution in [0.2, 0.25) is 0 Å². The third kappa shape index (κ3) is 4.64. The Hall–Kier alpha value is -3.73. The number of carbonyl (C=O) groups excluding carboxylic acids is 2. The van der Waals surface area contributed by atoms with Crippen LogP contribution in [0.25, 0.3) is 0 Å². The molecule has 5 heteroatoms. The number of hydrazone groups is 1. The van der Waals surface area contributed by atoms with Crippen LogP contribution in [0.15, 0.2) is 90.0 Å². The van der Waals surface area contributed by atoms with Crippen LogP contribution in [0.4, 0.5) is 5.69 Å². The molecule has 0 unspecified atom stereocenters. The molecule has 0 aliphatic rings. The number of amides is 2. The van der Waals surface area contributed by atoms with Gasteiger partial charge in [-0.25, -0.2) is 5.43 Å². The first-order chi connectivity index (χ1) is 12.7. The molecule has 3 aromatic carbocycles. The summed E-state index contributed by atoms with van der Waals surface area (Å²) in [6.45, 7) is 0. The lowest BCUT2D eigenvalue weighted by Crippen LogP contribution is -2.18. The van der Waals surface area contributed by atoms with Crippen LogP contribution in [0.3, 0.4) is 0 Å². The van der Waals surface area contributed by atoms with Crippen LogP contribution in [-0.4, -0.2) is 18.0 Å². The van der Waals surface area contributed by atoms with Crippen molar-refractivity contribution < 1.29 is 9.59 Å². The lowest BCUT2D eigenvalue weighted by Gasteiger charge is -2.07. The Morgan fingerprint density at radius 3 is 2.12 bits per heavy atom. The summed E-state index contributed by atoms with van der Waals surface area (Å²) in [7, 11) is 0. The monoisotopic (exact) mass is 343 g/mol. The Morgan fingerprint density at radius 1 is 0.731 bits per heavy atom. The SMILES string of the molecule is O=C(NN=Cc1ccccc1)c1cccc(NC(=O)c2ccccc2)c1. The Labute approximate surface area is 151 Å². The van der Waals surface area contributed by atoms with Gasteiger partial charge in [0.05, 0.1) is 6.21 Å². The number of nitrogens with zero attached hydrogens (tertiary/aromatic N) is 1. The van der Waals surface area contributed by atoms with Gasteiger partial charge in [0.2, 0.25) is 0 Å². The van der Waals surface area contributed by atoms with Crippen LogP contribution in [-0.2, 0) is 0 Å². The number of hydrogen-bond donors (Lipinski definition) is 2. The molecule has 128 valence electrons. The lowest BCUT2D eigenvalue weighted by atomic mass is 10.1. The van der Waals surface area contributed by atoms with Crippen LogP contribution < -0.4 is 10.7 Å². The van der Waals surface area contributed by atoms with Crippen molar-refractivity contribution in [3.8, 4) is 0 Å². The molecule has 0 fully saturated rings. The molecule has 0 atom stereocenters. The van der Waals surface area contributed by atoms with E-state index >= 15 is 0 Å². The topological polar surface area (TPSA) is 70.6 Å². The van der Waals surface area contributed by atoms with E-state index in [-0.39, 0.29) is 11.8 Å². The molecule has 5 nitrogen and oxygen atoms in total. The van der Waals surface area contributed by atoms with E-state index in [0.717, 1.165) is 5.56 Å². The maximum atomic E-state index is 12.2. The smallest absolute Gasteiger partial charge is 0.271 e. The summed E-state index contributed by atoms with van der Waals surface area (Å²) in [5.41, 5.74) is 4.86. The molecule has 0 aliphatic carbocycles. The average Bonchev–Trinajstić information content (AvgIpc) is 2.69. The van der Waals surface area contributed by atoms with Crippen molar-refractivity contribution in [2.24, 2.45) is 5.10 Å². The summed E-state index contributed by atoms with van der Waals surface area (Å²) in [6.07, 6.45) is 1.57. The summed E-state index contributed by atoms with van der Waals surface area (Å²) in [6, 6.07) is 25.0. The van der Waals surface area contributed by atoms with Crippen molar-refractivity contribution in [2.75, 3.05) is 5.32 Å². The maximum Gasteiger partial charge on any atom is 0.271 e. The zero-order valence-corrected chi connectivity index (χ0v) is 13.9. The first-order valence-corrected chi connectivity index (χ1v) is 8.07. The van der Waals surface area contributed by atoms with Crippen LogP contribution in [0.1, 0.15) is 26.3 Å². The van der Waals surface area contributed by atoms with Crippen molar-refractivity contribution in [3.05, 3.63) is 102 Å². The molecule has 0 aliphatic heterocycles. The van der Waals surface area contributed by atoms with Gasteiger partial charge in [-0.05, 0) is 35.9 Å². The average molecular weight is 343 g/mol. The zero-order valence-electron chi connectivity index (χ0n) is 13.9. The zero-order chi connectivity index (χ0) is 18.2. The normalized spacial score (nSPS) is 10.5. The van der Waals surface area contributed by atoms with Crippen molar-refractivity contribution in [2.45, 2.75) is 0 Å². The predicted molar refractivity (Wildman–Crippen MR) is 102 cm³/mol. The van der Waals surface area contributed by atoms with E-state index in [1.54, 1.807) is 54.7 Å². The Morgan fingerprint density at radius 2 is 1.38 bits per heavy atom. The fourth-order valence-electron chi connectivity index (χ4n) is 2.30. The highest BCUT2D eigenvalue weighted by atomic mass is 16.2.